The first-order valence-corrected chi connectivity index (χ1v) is 2.31. The fraction of sp³-hybridized carbons (Fsp3) is 0.600. The van der Waals surface area contributed by atoms with E-state index in [1.54, 1.807) is 0 Å². The summed E-state index contributed by atoms with van der Waals surface area (Å²) in [5.74, 6) is -0.111. The van der Waals surface area contributed by atoms with Crippen molar-refractivity contribution in [2.45, 2.75) is 18.9 Å². The monoisotopic (exact) mass is 99.0 g/mol. The highest BCUT2D eigenvalue weighted by Gasteiger charge is 2.23. The molecule has 0 aliphatic carbocycles. The molecule has 2 nitrogen and oxygen atoms in total. The molecule has 1 fully saturated rings. The van der Waals surface area contributed by atoms with E-state index in [4.69, 9.17) is 0 Å². The van der Waals surface area contributed by atoms with Gasteiger partial charge in [0, 0.05) is 6.42 Å². The van der Waals surface area contributed by atoms with E-state index in [0.717, 1.165) is 6.42 Å². The highest BCUT2D eigenvalue weighted by Crippen LogP contribution is 2.10. The number of carbonyl (C=O) groups is 1. The molecule has 0 N–H and O–H groups in total. The maximum Gasteiger partial charge on any atom is 0.309 e. The molecule has 0 aromatic carbocycles. The number of ether oxygens (including phenoxy) is 1. The summed E-state index contributed by atoms with van der Waals surface area (Å²) in [7, 11) is 0. The van der Waals surface area contributed by atoms with Crippen LogP contribution in [0.15, 0.2) is 0 Å². The molecule has 7 heavy (non-hydrogen) atoms. The normalized spacial score (nSPS) is 30.3. The smallest absolute Gasteiger partial charge is 0.309 e. The second kappa shape index (κ2) is 1.45. The van der Waals surface area contributed by atoms with Gasteiger partial charge in [0.05, 0.1) is 6.42 Å². The first-order chi connectivity index (χ1) is 3.29. The van der Waals surface area contributed by atoms with Gasteiger partial charge in [0.1, 0.15) is 6.92 Å². The SMILES string of the molecule is [CH2+]C1CCC(=O)O1. The van der Waals surface area contributed by atoms with Crippen molar-refractivity contribution in [3.63, 3.8) is 0 Å². The number of carbonyl (C=O) groups excluding carboxylic acids is 1. The van der Waals surface area contributed by atoms with E-state index in [1.807, 2.05) is 0 Å². The van der Waals surface area contributed by atoms with Gasteiger partial charge in [-0.1, -0.05) is 0 Å². The Hall–Kier alpha value is -0.660. The molecule has 0 spiro atoms. The van der Waals surface area contributed by atoms with Crippen LogP contribution in [0.5, 0.6) is 0 Å². The molecule has 0 saturated carbocycles. The minimum atomic E-state index is -0.111. The number of cyclic esters (lactones) is 1. The zero-order valence-corrected chi connectivity index (χ0v) is 4.02. The van der Waals surface area contributed by atoms with Crippen molar-refractivity contribution < 1.29 is 9.53 Å². The molecule has 0 amide bonds. The maximum absolute atomic E-state index is 10.2. The summed E-state index contributed by atoms with van der Waals surface area (Å²) in [6, 6.07) is 0. The fourth-order valence-electron chi connectivity index (χ4n) is 0.583. The Balaban J connectivity index is 2.40. The van der Waals surface area contributed by atoms with Crippen molar-refractivity contribution in [3.05, 3.63) is 6.92 Å². The minimum absolute atomic E-state index is 0.0764. The van der Waals surface area contributed by atoms with Gasteiger partial charge in [-0.2, -0.15) is 0 Å². The van der Waals surface area contributed by atoms with Crippen LogP contribution >= 0.6 is 0 Å². The molecule has 0 aromatic heterocycles. The molecule has 38 valence electrons. The summed E-state index contributed by atoms with van der Waals surface area (Å²) in [5, 5.41) is 0. The molecular weight excluding hydrogens is 92.1 g/mol. The predicted octanol–water partition coefficient (Wildman–Crippen LogP) is 0.526. The molecule has 1 atom stereocenters. The topological polar surface area (TPSA) is 26.3 Å². The van der Waals surface area contributed by atoms with Gasteiger partial charge in [-0.05, 0) is 0 Å². The summed E-state index contributed by atoms with van der Waals surface area (Å²) in [5.41, 5.74) is 0. The van der Waals surface area contributed by atoms with Crippen LogP contribution in [-0.4, -0.2) is 12.1 Å². The summed E-state index contributed by atoms with van der Waals surface area (Å²) in [4.78, 5) is 10.2. The summed E-state index contributed by atoms with van der Waals surface area (Å²) in [6.07, 6.45) is 1.26. The Labute approximate surface area is 42.5 Å². The van der Waals surface area contributed by atoms with Crippen LogP contribution in [0.25, 0.3) is 0 Å². The Morgan fingerprint density at radius 1 is 1.86 bits per heavy atom. The largest absolute Gasteiger partial charge is 0.421 e. The summed E-state index contributed by atoms with van der Waals surface area (Å²) in [6.45, 7) is 3.54. The van der Waals surface area contributed by atoms with Crippen LogP contribution in [0.3, 0.4) is 0 Å². The Bertz CT molecular complexity index is 88.1. The lowest BCUT2D eigenvalue weighted by molar-refractivity contribution is -0.140. The highest BCUT2D eigenvalue weighted by molar-refractivity contribution is 5.71. The number of esters is 1. The van der Waals surface area contributed by atoms with E-state index in [2.05, 4.69) is 11.7 Å². The highest BCUT2D eigenvalue weighted by atomic mass is 16.5. The lowest BCUT2D eigenvalue weighted by Gasteiger charge is -1.88. The molecule has 1 aliphatic heterocycles. The molecule has 0 bridgehead atoms. The van der Waals surface area contributed by atoms with Crippen molar-refractivity contribution in [1.82, 2.24) is 0 Å². The predicted molar refractivity (Wildman–Crippen MR) is 24.5 cm³/mol. The molecule has 1 saturated heterocycles. The van der Waals surface area contributed by atoms with Crippen molar-refractivity contribution >= 4 is 5.97 Å². The van der Waals surface area contributed by atoms with Gasteiger partial charge in [0.25, 0.3) is 0 Å². The average molecular weight is 99.1 g/mol. The molecule has 1 heterocycles. The van der Waals surface area contributed by atoms with E-state index in [9.17, 15) is 4.79 Å². The van der Waals surface area contributed by atoms with E-state index < -0.39 is 0 Å². The van der Waals surface area contributed by atoms with Crippen LogP contribution in [0, 0.1) is 6.92 Å². The molecule has 0 aromatic rings. The van der Waals surface area contributed by atoms with Gasteiger partial charge >= 0.3 is 5.97 Å². The zero-order chi connectivity index (χ0) is 5.28. The van der Waals surface area contributed by atoms with E-state index in [0.29, 0.717) is 6.42 Å². The number of rotatable bonds is 0. The van der Waals surface area contributed by atoms with E-state index in [1.165, 1.54) is 0 Å². The van der Waals surface area contributed by atoms with Crippen LogP contribution in [0.4, 0.5) is 0 Å². The minimum Gasteiger partial charge on any atom is -0.421 e. The van der Waals surface area contributed by atoms with Crippen LogP contribution < -0.4 is 0 Å². The standard InChI is InChI=1S/C5H7O2/c1-4-2-3-5(6)7-4/h4H,1-3H2/q+1. The van der Waals surface area contributed by atoms with Gasteiger partial charge in [-0.3, -0.25) is 4.79 Å². The van der Waals surface area contributed by atoms with Gasteiger partial charge in [-0.25, -0.2) is 0 Å². The molecule has 0 radical (unpaired) electrons. The van der Waals surface area contributed by atoms with Crippen molar-refractivity contribution in [2.75, 3.05) is 0 Å². The maximum atomic E-state index is 10.2. The van der Waals surface area contributed by atoms with E-state index in [-0.39, 0.29) is 12.1 Å². The Morgan fingerprint density at radius 3 is 2.71 bits per heavy atom. The van der Waals surface area contributed by atoms with E-state index >= 15 is 0 Å². The molecule has 1 aliphatic rings. The Morgan fingerprint density at radius 2 is 2.57 bits per heavy atom. The van der Waals surface area contributed by atoms with Crippen LogP contribution in [-0.2, 0) is 9.53 Å². The fourth-order valence-corrected chi connectivity index (χ4v) is 0.583. The third-order valence-corrected chi connectivity index (χ3v) is 0.969. The summed E-state index contributed by atoms with van der Waals surface area (Å²) >= 11 is 0. The lowest BCUT2D eigenvalue weighted by atomic mass is 10.3. The van der Waals surface area contributed by atoms with Crippen LogP contribution in [0.1, 0.15) is 12.8 Å². The van der Waals surface area contributed by atoms with Gasteiger partial charge in [0.15, 0.2) is 0 Å². The summed E-state index contributed by atoms with van der Waals surface area (Å²) < 4.78 is 4.61. The van der Waals surface area contributed by atoms with Crippen LogP contribution in [0.2, 0.25) is 0 Å². The molecule has 1 rings (SSSR count). The molecule has 1 unspecified atom stereocenters. The number of hydrogen-bond acceptors (Lipinski definition) is 2. The third kappa shape index (κ3) is 0.856. The second-order valence-electron chi connectivity index (χ2n) is 1.65. The first-order valence-electron chi connectivity index (χ1n) is 2.31. The molecular formula is C5H7O2+. The Kier molecular flexibility index (Phi) is 0.929. The van der Waals surface area contributed by atoms with Gasteiger partial charge in [0.2, 0.25) is 6.10 Å². The molecule has 2 heteroatoms. The van der Waals surface area contributed by atoms with Gasteiger partial charge < -0.3 is 4.74 Å². The quantitative estimate of drug-likeness (QED) is 0.327. The van der Waals surface area contributed by atoms with Crippen molar-refractivity contribution in [1.29, 1.82) is 0 Å². The lowest BCUT2D eigenvalue weighted by Crippen LogP contribution is -1.99. The van der Waals surface area contributed by atoms with Gasteiger partial charge in [-0.15, -0.1) is 0 Å². The number of hydrogen-bond donors (Lipinski definition) is 0. The second-order valence-corrected chi connectivity index (χ2v) is 1.65. The van der Waals surface area contributed by atoms with Crippen molar-refractivity contribution in [2.24, 2.45) is 0 Å². The third-order valence-electron chi connectivity index (χ3n) is 0.969. The zero-order valence-electron chi connectivity index (χ0n) is 4.02. The first kappa shape index (κ1) is 4.50. The average Bonchev–Trinajstić information content (AvgIpc) is 1.87. The van der Waals surface area contributed by atoms with Crippen molar-refractivity contribution in [3.8, 4) is 0 Å².